The van der Waals surface area contributed by atoms with E-state index in [1.165, 1.54) is 0 Å². The summed E-state index contributed by atoms with van der Waals surface area (Å²) < 4.78 is 1.49. The fraction of sp³-hybridized carbons (Fsp3) is 0.364. The van der Waals surface area contributed by atoms with E-state index in [-0.39, 0.29) is 18.5 Å². The lowest BCUT2D eigenvalue weighted by Crippen LogP contribution is -2.32. The van der Waals surface area contributed by atoms with Crippen molar-refractivity contribution in [2.45, 2.75) is 19.9 Å². The summed E-state index contributed by atoms with van der Waals surface area (Å²) in [6.45, 7) is 4.25. The topological polar surface area (TPSA) is 41.1 Å². The van der Waals surface area contributed by atoms with Gasteiger partial charge in [0.25, 0.3) is 0 Å². The molecule has 0 radical (unpaired) electrons. The molecule has 2 N–H and O–H groups in total. The van der Waals surface area contributed by atoms with E-state index in [0.717, 1.165) is 8.95 Å². The van der Waals surface area contributed by atoms with Gasteiger partial charge in [0.05, 0.1) is 12.2 Å². The molecule has 0 fully saturated rings. The van der Waals surface area contributed by atoms with E-state index in [2.05, 4.69) is 42.5 Å². The van der Waals surface area contributed by atoms with Crippen LogP contribution < -0.4 is 10.6 Å². The number of hydrogen-bond donors (Lipinski definition) is 2. The highest BCUT2D eigenvalue weighted by atomic mass is 79.9. The first kappa shape index (κ1) is 15.0. The van der Waals surface area contributed by atoms with Gasteiger partial charge in [0, 0.05) is 20.0 Å². The summed E-state index contributed by atoms with van der Waals surface area (Å²) in [7, 11) is 0. The Morgan fingerprint density at radius 2 is 1.88 bits per heavy atom. The maximum absolute atomic E-state index is 11.7. The first-order chi connectivity index (χ1) is 7.90. The molecule has 0 aliphatic heterocycles. The third kappa shape index (κ3) is 4.95. The molecule has 3 nitrogen and oxygen atoms in total. The minimum atomic E-state index is -0.0950. The Kier molecular flexibility index (Phi) is 5.92. The van der Waals surface area contributed by atoms with Crippen LogP contribution in [0.15, 0.2) is 21.1 Å². The Labute approximate surface area is 123 Å². The van der Waals surface area contributed by atoms with Gasteiger partial charge in [-0.2, -0.15) is 0 Å². The van der Waals surface area contributed by atoms with Crippen LogP contribution in [-0.4, -0.2) is 18.5 Å². The molecule has 1 aromatic carbocycles. The van der Waals surface area contributed by atoms with Crippen molar-refractivity contribution >= 4 is 55.1 Å². The Balaban J connectivity index is 2.72. The first-order valence-electron chi connectivity index (χ1n) is 5.08. The molecular weight excluding hydrogens is 371 g/mol. The van der Waals surface area contributed by atoms with Gasteiger partial charge in [-0.15, -0.1) is 0 Å². The van der Waals surface area contributed by atoms with Crippen LogP contribution in [-0.2, 0) is 4.79 Å². The number of amides is 1. The molecule has 1 amide bonds. The van der Waals surface area contributed by atoms with E-state index in [9.17, 15) is 4.79 Å². The Morgan fingerprint density at radius 1 is 1.35 bits per heavy atom. The van der Waals surface area contributed by atoms with Crippen LogP contribution in [0.1, 0.15) is 13.8 Å². The number of benzene rings is 1. The Morgan fingerprint density at radius 3 is 2.35 bits per heavy atom. The summed E-state index contributed by atoms with van der Waals surface area (Å²) in [4.78, 5) is 11.7. The fourth-order valence-corrected chi connectivity index (χ4v) is 3.01. The molecule has 1 rings (SSSR count). The molecule has 0 saturated carbocycles. The normalized spacial score (nSPS) is 10.7. The zero-order valence-corrected chi connectivity index (χ0v) is 13.4. The fourth-order valence-electron chi connectivity index (χ4n) is 1.14. The lowest BCUT2D eigenvalue weighted by molar-refractivity contribution is -0.115. The van der Waals surface area contributed by atoms with Crippen LogP contribution in [0, 0.1) is 0 Å². The highest BCUT2D eigenvalue weighted by Gasteiger charge is 2.10. The van der Waals surface area contributed by atoms with Gasteiger partial charge in [0.1, 0.15) is 0 Å². The van der Waals surface area contributed by atoms with E-state index < -0.39 is 0 Å². The van der Waals surface area contributed by atoms with Crippen molar-refractivity contribution in [3.05, 3.63) is 26.1 Å². The van der Waals surface area contributed by atoms with Crippen molar-refractivity contribution in [2.75, 3.05) is 11.9 Å². The lowest BCUT2D eigenvalue weighted by Gasteiger charge is -2.12. The standard InChI is InChI=1S/C11H13Br2ClN2O/c1-6(2)15-5-10(17)16-11-8(12)3-7(14)4-9(11)13/h3-4,6,15H,5H2,1-2H3,(H,16,17). The molecular formula is C11H13Br2ClN2O. The summed E-state index contributed by atoms with van der Waals surface area (Å²) in [5.41, 5.74) is 0.685. The van der Waals surface area contributed by atoms with Crippen molar-refractivity contribution in [3.8, 4) is 0 Å². The van der Waals surface area contributed by atoms with E-state index in [1.807, 2.05) is 13.8 Å². The molecule has 0 heterocycles. The summed E-state index contributed by atoms with van der Waals surface area (Å²) in [5.74, 6) is -0.0950. The van der Waals surface area contributed by atoms with Gasteiger partial charge in [0.15, 0.2) is 0 Å². The van der Waals surface area contributed by atoms with Crippen LogP contribution in [0.5, 0.6) is 0 Å². The minimum absolute atomic E-state index is 0.0950. The maximum atomic E-state index is 11.7. The van der Waals surface area contributed by atoms with Crippen molar-refractivity contribution in [1.82, 2.24) is 5.32 Å². The molecule has 0 saturated heterocycles. The lowest BCUT2D eigenvalue weighted by atomic mass is 10.3. The van der Waals surface area contributed by atoms with Gasteiger partial charge in [0.2, 0.25) is 5.91 Å². The Hall–Kier alpha value is -0.100. The third-order valence-electron chi connectivity index (χ3n) is 1.94. The summed E-state index contributed by atoms with van der Waals surface area (Å²) in [5, 5.41) is 6.45. The van der Waals surface area contributed by atoms with Crippen LogP contribution in [0.25, 0.3) is 0 Å². The Bertz CT molecular complexity index is 401. The van der Waals surface area contributed by atoms with E-state index in [0.29, 0.717) is 10.7 Å². The van der Waals surface area contributed by atoms with Gasteiger partial charge >= 0.3 is 0 Å². The molecule has 0 spiro atoms. The van der Waals surface area contributed by atoms with Crippen molar-refractivity contribution in [2.24, 2.45) is 0 Å². The second kappa shape index (κ2) is 6.73. The third-order valence-corrected chi connectivity index (χ3v) is 3.41. The zero-order valence-electron chi connectivity index (χ0n) is 9.48. The molecule has 0 aromatic heterocycles. The summed E-state index contributed by atoms with van der Waals surface area (Å²) >= 11 is 12.6. The quantitative estimate of drug-likeness (QED) is 0.829. The van der Waals surface area contributed by atoms with Crippen molar-refractivity contribution < 1.29 is 4.79 Å². The molecule has 0 aliphatic carbocycles. The molecule has 0 aliphatic rings. The van der Waals surface area contributed by atoms with E-state index >= 15 is 0 Å². The molecule has 1 aromatic rings. The molecule has 94 valence electrons. The largest absolute Gasteiger partial charge is 0.323 e. The van der Waals surface area contributed by atoms with Crippen molar-refractivity contribution in [3.63, 3.8) is 0 Å². The monoisotopic (exact) mass is 382 g/mol. The molecule has 6 heteroatoms. The maximum Gasteiger partial charge on any atom is 0.238 e. The predicted molar refractivity (Wildman–Crippen MR) is 78.6 cm³/mol. The van der Waals surface area contributed by atoms with Gasteiger partial charge in [-0.1, -0.05) is 25.4 Å². The van der Waals surface area contributed by atoms with E-state index in [4.69, 9.17) is 11.6 Å². The molecule has 0 atom stereocenters. The number of hydrogen-bond acceptors (Lipinski definition) is 2. The zero-order chi connectivity index (χ0) is 13.0. The van der Waals surface area contributed by atoms with Gasteiger partial charge in [-0.3, -0.25) is 4.79 Å². The van der Waals surface area contributed by atoms with E-state index in [1.54, 1.807) is 12.1 Å². The number of carbonyl (C=O) groups excluding carboxylic acids is 1. The highest BCUT2D eigenvalue weighted by Crippen LogP contribution is 2.34. The molecule has 17 heavy (non-hydrogen) atoms. The summed E-state index contributed by atoms with van der Waals surface area (Å²) in [6.07, 6.45) is 0. The van der Waals surface area contributed by atoms with Gasteiger partial charge in [-0.25, -0.2) is 0 Å². The van der Waals surface area contributed by atoms with Gasteiger partial charge < -0.3 is 10.6 Å². The second-order valence-electron chi connectivity index (χ2n) is 3.83. The van der Waals surface area contributed by atoms with Crippen molar-refractivity contribution in [1.29, 1.82) is 0 Å². The highest BCUT2D eigenvalue weighted by molar-refractivity contribution is 9.11. The van der Waals surface area contributed by atoms with Crippen LogP contribution in [0.3, 0.4) is 0 Å². The number of nitrogens with one attached hydrogen (secondary N) is 2. The predicted octanol–water partition coefficient (Wildman–Crippen LogP) is 3.80. The van der Waals surface area contributed by atoms with Gasteiger partial charge in [-0.05, 0) is 44.0 Å². The second-order valence-corrected chi connectivity index (χ2v) is 5.97. The van der Waals surface area contributed by atoms with Crippen LogP contribution in [0.2, 0.25) is 5.02 Å². The summed E-state index contributed by atoms with van der Waals surface area (Å²) in [6, 6.07) is 3.74. The number of rotatable bonds is 4. The SMILES string of the molecule is CC(C)NCC(=O)Nc1c(Br)cc(Cl)cc1Br. The molecule has 0 unspecified atom stereocenters. The van der Waals surface area contributed by atoms with Crippen LogP contribution in [0.4, 0.5) is 5.69 Å². The average molecular weight is 384 g/mol. The smallest absolute Gasteiger partial charge is 0.238 e. The number of halogens is 3. The number of carbonyl (C=O) groups is 1. The van der Waals surface area contributed by atoms with Crippen LogP contribution >= 0.6 is 43.5 Å². The average Bonchev–Trinajstić information content (AvgIpc) is 2.20. The number of anilines is 1. The minimum Gasteiger partial charge on any atom is -0.323 e. The first-order valence-corrected chi connectivity index (χ1v) is 7.04. The molecule has 0 bridgehead atoms.